The molecule has 0 N–H and O–H groups in total. The number of carbonyl (C=O) groups is 1. The second-order valence-corrected chi connectivity index (χ2v) is 3.87. The maximum Gasteiger partial charge on any atom is 0.274 e. The van der Waals surface area contributed by atoms with Crippen molar-refractivity contribution in [1.29, 1.82) is 0 Å². The standard InChI is InChI=1S/C10H12ClN3O2/c11-9-7-12-8(6-13-9)10(15)14-2-1-4-16-5-3-14/h6-7H,1-5H2. The number of nitrogens with zero attached hydrogens (tertiary/aromatic N) is 3. The molecule has 1 aliphatic rings. The Kier molecular flexibility index (Phi) is 3.69. The number of amides is 1. The predicted molar refractivity (Wildman–Crippen MR) is 58.4 cm³/mol. The van der Waals surface area contributed by atoms with Crippen LogP contribution in [0.5, 0.6) is 0 Å². The summed E-state index contributed by atoms with van der Waals surface area (Å²) in [7, 11) is 0. The molecule has 0 unspecified atom stereocenters. The third kappa shape index (κ3) is 2.68. The predicted octanol–water partition coefficient (Wildman–Crippen LogP) is 0.992. The summed E-state index contributed by atoms with van der Waals surface area (Å²) in [5, 5.41) is 0.288. The molecular weight excluding hydrogens is 230 g/mol. The summed E-state index contributed by atoms with van der Waals surface area (Å²) >= 11 is 5.61. The Bertz CT molecular complexity index is 361. The van der Waals surface area contributed by atoms with Crippen molar-refractivity contribution in [2.75, 3.05) is 26.3 Å². The number of halogens is 1. The molecule has 0 spiro atoms. The van der Waals surface area contributed by atoms with Gasteiger partial charge in [-0.25, -0.2) is 9.97 Å². The fourth-order valence-corrected chi connectivity index (χ4v) is 1.63. The first-order chi connectivity index (χ1) is 7.77. The van der Waals surface area contributed by atoms with Crippen LogP contribution in [0.15, 0.2) is 12.4 Å². The molecule has 2 heterocycles. The Morgan fingerprint density at radius 2 is 2.19 bits per heavy atom. The number of hydrogen-bond donors (Lipinski definition) is 0. The van der Waals surface area contributed by atoms with E-state index in [2.05, 4.69) is 9.97 Å². The van der Waals surface area contributed by atoms with Gasteiger partial charge in [-0.05, 0) is 6.42 Å². The van der Waals surface area contributed by atoms with Crippen LogP contribution >= 0.6 is 11.6 Å². The molecule has 0 aliphatic carbocycles. The lowest BCUT2D eigenvalue weighted by Gasteiger charge is -2.18. The van der Waals surface area contributed by atoms with Crippen LogP contribution < -0.4 is 0 Å². The van der Waals surface area contributed by atoms with Crippen molar-refractivity contribution in [3.05, 3.63) is 23.2 Å². The summed E-state index contributed by atoms with van der Waals surface area (Å²) in [5.41, 5.74) is 0.325. The average molecular weight is 242 g/mol. The molecule has 0 atom stereocenters. The molecule has 0 radical (unpaired) electrons. The minimum absolute atomic E-state index is 0.116. The number of carbonyl (C=O) groups excluding carboxylic acids is 1. The van der Waals surface area contributed by atoms with Crippen LogP contribution in [-0.4, -0.2) is 47.1 Å². The fraction of sp³-hybridized carbons (Fsp3) is 0.500. The maximum atomic E-state index is 12.0. The molecule has 1 fully saturated rings. The zero-order chi connectivity index (χ0) is 11.4. The monoisotopic (exact) mass is 241 g/mol. The van der Waals surface area contributed by atoms with E-state index in [1.807, 2.05) is 0 Å². The number of ether oxygens (including phenoxy) is 1. The number of rotatable bonds is 1. The van der Waals surface area contributed by atoms with Crippen molar-refractivity contribution < 1.29 is 9.53 Å². The average Bonchev–Trinajstić information content (AvgIpc) is 2.57. The van der Waals surface area contributed by atoms with Gasteiger partial charge in [0.2, 0.25) is 0 Å². The number of aromatic nitrogens is 2. The van der Waals surface area contributed by atoms with Crippen LogP contribution in [0.2, 0.25) is 5.15 Å². The zero-order valence-electron chi connectivity index (χ0n) is 8.73. The van der Waals surface area contributed by atoms with E-state index in [-0.39, 0.29) is 11.1 Å². The smallest absolute Gasteiger partial charge is 0.274 e. The summed E-state index contributed by atoms with van der Waals surface area (Å²) in [4.78, 5) is 21.5. The maximum absolute atomic E-state index is 12.0. The Morgan fingerprint density at radius 3 is 2.94 bits per heavy atom. The molecule has 0 saturated carbocycles. The zero-order valence-corrected chi connectivity index (χ0v) is 9.48. The van der Waals surface area contributed by atoms with E-state index < -0.39 is 0 Å². The van der Waals surface area contributed by atoms with Crippen LogP contribution in [0, 0.1) is 0 Å². The summed E-state index contributed by atoms with van der Waals surface area (Å²) in [6.45, 7) is 2.58. The molecular formula is C10H12ClN3O2. The second kappa shape index (κ2) is 5.23. The third-order valence-electron chi connectivity index (χ3n) is 2.35. The minimum atomic E-state index is -0.116. The van der Waals surface area contributed by atoms with Gasteiger partial charge in [-0.2, -0.15) is 0 Å². The molecule has 0 bridgehead atoms. The molecule has 1 aromatic heterocycles. The van der Waals surface area contributed by atoms with Gasteiger partial charge in [-0.3, -0.25) is 4.79 Å². The largest absolute Gasteiger partial charge is 0.380 e. The van der Waals surface area contributed by atoms with Crippen molar-refractivity contribution >= 4 is 17.5 Å². The highest BCUT2D eigenvalue weighted by atomic mass is 35.5. The van der Waals surface area contributed by atoms with E-state index >= 15 is 0 Å². The first-order valence-corrected chi connectivity index (χ1v) is 5.50. The summed E-state index contributed by atoms with van der Waals surface area (Å²) in [6, 6.07) is 0. The molecule has 1 aliphatic heterocycles. The fourth-order valence-electron chi connectivity index (χ4n) is 1.53. The van der Waals surface area contributed by atoms with Gasteiger partial charge >= 0.3 is 0 Å². The van der Waals surface area contributed by atoms with Crippen molar-refractivity contribution in [3.63, 3.8) is 0 Å². The molecule has 1 saturated heterocycles. The van der Waals surface area contributed by atoms with Crippen LogP contribution in [-0.2, 0) is 4.74 Å². The Morgan fingerprint density at radius 1 is 1.31 bits per heavy atom. The third-order valence-corrected chi connectivity index (χ3v) is 2.54. The van der Waals surface area contributed by atoms with Gasteiger partial charge in [0.15, 0.2) is 0 Å². The van der Waals surface area contributed by atoms with E-state index in [1.54, 1.807) is 4.90 Å². The Balaban J connectivity index is 2.08. The van der Waals surface area contributed by atoms with Crippen molar-refractivity contribution in [2.24, 2.45) is 0 Å². The van der Waals surface area contributed by atoms with Gasteiger partial charge in [-0.15, -0.1) is 0 Å². The summed E-state index contributed by atoms with van der Waals surface area (Å²) in [6.07, 6.45) is 3.63. The Labute approximate surface area is 98.4 Å². The topological polar surface area (TPSA) is 55.3 Å². The Hall–Kier alpha value is -1.20. The summed E-state index contributed by atoms with van der Waals surface area (Å²) in [5.74, 6) is -0.116. The molecule has 16 heavy (non-hydrogen) atoms. The molecule has 86 valence electrons. The van der Waals surface area contributed by atoms with Crippen LogP contribution in [0.25, 0.3) is 0 Å². The van der Waals surface area contributed by atoms with Crippen molar-refractivity contribution in [1.82, 2.24) is 14.9 Å². The van der Waals surface area contributed by atoms with E-state index in [0.717, 1.165) is 6.42 Å². The van der Waals surface area contributed by atoms with Gasteiger partial charge in [-0.1, -0.05) is 11.6 Å². The number of hydrogen-bond acceptors (Lipinski definition) is 4. The highest BCUT2D eigenvalue weighted by molar-refractivity contribution is 6.29. The molecule has 0 aromatic carbocycles. The molecule has 1 aromatic rings. The van der Waals surface area contributed by atoms with E-state index in [0.29, 0.717) is 32.0 Å². The van der Waals surface area contributed by atoms with Gasteiger partial charge in [0.25, 0.3) is 5.91 Å². The van der Waals surface area contributed by atoms with Crippen LogP contribution in [0.1, 0.15) is 16.9 Å². The van der Waals surface area contributed by atoms with Crippen molar-refractivity contribution in [3.8, 4) is 0 Å². The molecule has 5 nitrogen and oxygen atoms in total. The van der Waals surface area contributed by atoms with Crippen LogP contribution in [0.4, 0.5) is 0 Å². The highest BCUT2D eigenvalue weighted by Gasteiger charge is 2.18. The normalized spacial score (nSPS) is 16.9. The molecule has 1 amide bonds. The van der Waals surface area contributed by atoms with Crippen LogP contribution in [0.3, 0.4) is 0 Å². The minimum Gasteiger partial charge on any atom is -0.380 e. The lowest BCUT2D eigenvalue weighted by molar-refractivity contribution is 0.0735. The molecule has 2 rings (SSSR count). The quantitative estimate of drug-likeness (QED) is 0.736. The lowest BCUT2D eigenvalue weighted by Crippen LogP contribution is -2.33. The van der Waals surface area contributed by atoms with Gasteiger partial charge < -0.3 is 9.64 Å². The first-order valence-electron chi connectivity index (χ1n) is 5.12. The lowest BCUT2D eigenvalue weighted by atomic mass is 10.3. The SMILES string of the molecule is O=C(c1cnc(Cl)cn1)N1CCCOCC1. The second-order valence-electron chi connectivity index (χ2n) is 3.48. The highest BCUT2D eigenvalue weighted by Crippen LogP contribution is 2.07. The van der Waals surface area contributed by atoms with E-state index in [4.69, 9.17) is 16.3 Å². The van der Waals surface area contributed by atoms with Crippen molar-refractivity contribution in [2.45, 2.75) is 6.42 Å². The van der Waals surface area contributed by atoms with Gasteiger partial charge in [0.1, 0.15) is 10.8 Å². The van der Waals surface area contributed by atoms with E-state index in [9.17, 15) is 4.79 Å². The van der Waals surface area contributed by atoms with Gasteiger partial charge in [0.05, 0.1) is 19.0 Å². The van der Waals surface area contributed by atoms with Gasteiger partial charge in [0, 0.05) is 19.7 Å². The van der Waals surface area contributed by atoms with E-state index in [1.165, 1.54) is 12.4 Å². The molecule has 6 heteroatoms. The first kappa shape index (κ1) is 11.3. The summed E-state index contributed by atoms with van der Waals surface area (Å²) < 4.78 is 5.28.